The topological polar surface area (TPSA) is 134 Å². The van der Waals surface area contributed by atoms with Gasteiger partial charge in [-0.1, -0.05) is 0 Å². The number of hydrogen-bond donors (Lipinski definition) is 3. The molecule has 1 atom stereocenters. The van der Waals surface area contributed by atoms with Crippen LogP contribution in [0.2, 0.25) is 0 Å². The average Bonchev–Trinajstić information content (AvgIpc) is 2.87. The zero-order valence-electron chi connectivity index (χ0n) is 9.54. The van der Waals surface area contributed by atoms with E-state index in [1.165, 1.54) is 7.11 Å². The highest BCUT2D eigenvalue weighted by Crippen LogP contribution is 2.00. The number of carboxylic acid groups (broad SMARTS) is 1. The van der Waals surface area contributed by atoms with Crippen molar-refractivity contribution >= 4 is 17.8 Å². The number of nitrogens with one attached hydrogen (secondary N) is 2. The standard InChI is InChI=1S/C9H12N4O5/c1-18-6(14)3-2-5(9(16)17)12-8(15)7-10-4-11-13-7/h4-5H,2-3H2,1H3,(H,12,15)(H,16,17)(H,10,11,13)/t5-/m0/s1. The highest BCUT2D eigenvalue weighted by Gasteiger charge is 2.22. The van der Waals surface area contributed by atoms with Gasteiger partial charge >= 0.3 is 11.9 Å². The Hall–Kier alpha value is -2.45. The number of methoxy groups -OCH3 is 1. The molecule has 0 unspecified atom stereocenters. The molecule has 18 heavy (non-hydrogen) atoms. The molecule has 1 aromatic rings. The van der Waals surface area contributed by atoms with Crippen molar-refractivity contribution in [2.24, 2.45) is 0 Å². The average molecular weight is 256 g/mol. The number of carbonyl (C=O) groups is 3. The number of carbonyl (C=O) groups excluding carboxylic acids is 2. The van der Waals surface area contributed by atoms with Crippen LogP contribution in [0.25, 0.3) is 0 Å². The highest BCUT2D eigenvalue weighted by atomic mass is 16.5. The molecule has 0 aliphatic heterocycles. The number of aliphatic carboxylic acids is 1. The molecule has 9 nitrogen and oxygen atoms in total. The third-order valence-corrected chi connectivity index (χ3v) is 2.10. The monoisotopic (exact) mass is 256 g/mol. The van der Waals surface area contributed by atoms with Gasteiger partial charge in [0.25, 0.3) is 5.91 Å². The Morgan fingerprint density at radius 2 is 2.28 bits per heavy atom. The van der Waals surface area contributed by atoms with E-state index in [0.29, 0.717) is 0 Å². The minimum Gasteiger partial charge on any atom is -0.480 e. The number of rotatable bonds is 6. The van der Waals surface area contributed by atoms with Gasteiger partial charge in [-0.2, -0.15) is 5.10 Å². The summed E-state index contributed by atoms with van der Waals surface area (Å²) in [6, 6.07) is -1.19. The molecule has 3 N–H and O–H groups in total. The van der Waals surface area contributed by atoms with Gasteiger partial charge in [0.05, 0.1) is 7.11 Å². The summed E-state index contributed by atoms with van der Waals surface area (Å²) in [5.74, 6) is -2.59. The fraction of sp³-hybridized carbons (Fsp3) is 0.444. The number of esters is 1. The summed E-state index contributed by atoms with van der Waals surface area (Å²) in [6.07, 6.45) is 0.950. The maximum absolute atomic E-state index is 11.5. The van der Waals surface area contributed by atoms with Gasteiger partial charge in [-0.3, -0.25) is 14.7 Å². The second-order valence-electron chi connectivity index (χ2n) is 3.31. The lowest BCUT2D eigenvalue weighted by atomic mass is 10.1. The molecule has 0 radical (unpaired) electrons. The maximum Gasteiger partial charge on any atom is 0.326 e. The fourth-order valence-electron chi connectivity index (χ4n) is 1.16. The highest BCUT2D eigenvalue weighted by molar-refractivity contribution is 5.93. The van der Waals surface area contributed by atoms with Crippen LogP contribution in [0.1, 0.15) is 23.5 Å². The number of amides is 1. The summed E-state index contributed by atoms with van der Waals surface area (Å²) in [4.78, 5) is 36.9. The van der Waals surface area contributed by atoms with E-state index in [4.69, 9.17) is 5.11 Å². The van der Waals surface area contributed by atoms with Crippen molar-refractivity contribution in [3.05, 3.63) is 12.2 Å². The molecule has 1 amide bonds. The number of aromatic amines is 1. The number of hydrogen-bond acceptors (Lipinski definition) is 6. The predicted octanol–water partition coefficient (Wildman–Crippen LogP) is -1.06. The zero-order valence-corrected chi connectivity index (χ0v) is 9.54. The Morgan fingerprint density at radius 1 is 1.56 bits per heavy atom. The number of ether oxygens (including phenoxy) is 1. The molecule has 1 aromatic heterocycles. The van der Waals surface area contributed by atoms with Crippen molar-refractivity contribution in [2.45, 2.75) is 18.9 Å². The van der Waals surface area contributed by atoms with E-state index >= 15 is 0 Å². The molecule has 0 aromatic carbocycles. The minimum atomic E-state index is -1.24. The normalized spacial score (nSPS) is 11.6. The Kier molecular flexibility index (Phi) is 4.78. The van der Waals surface area contributed by atoms with Gasteiger partial charge in [-0.15, -0.1) is 0 Å². The lowest BCUT2D eigenvalue weighted by Gasteiger charge is -2.12. The number of nitrogens with zero attached hydrogens (tertiary/aromatic N) is 2. The SMILES string of the molecule is COC(=O)CC[C@H](NC(=O)c1ncn[nH]1)C(=O)O. The Balaban J connectivity index is 2.55. The molecule has 1 rings (SSSR count). The summed E-state index contributed by atoms with van der Waals surface area (Å²) < 4.78 is 4.38. The summed E-state index contributed by atoms with van der Waals surface area (Å²) in [7, 11) is 1.20. The molecule has 0 saturated carbocycles. The van der Waals surface area contributed by atoms with Crippen molar-refractivity contribution in [3.63, 3.8) is 0 Å². The van der Waals surface area contributed by atoms with Gasteiger partial charge in [0.2, 0.25) is 5.82 Å². The predicted molar refractivity (Wildman–Crippen MR) is 56.5 cm³/mol. The van der Waals surface area contributed by atoms with Crippen molar-refractivity contribution in [2.75, 3.05) is 7.11 Å². The van der Waals surface area contributed by atoms with E-state index in [1.807, 2.05) is 0 Å². The van der Waals surface area contributed by atoms with Crippen LogP contribution in [0.3, 0.4) is 0 Å². The molecule has 0 bridgehead atoms. The molecule has 0 spiro atoms. The first-order chi connectivity index (χ1) is 8.54. The molecule has 1 heterocycles. The van der Waals surface area contributed by atoms with Crippen molar-refractivity contribution in [1.29, 1.82) is 0 Å². The van der Waals surface area contributed by atoms with Crippen LogP contribution < -0.4 is 5.32 Å². The van der Waals surface area contributed by atoms with Gasteiger partial charge in [0, 0.05) is 6.42 Å². The van der Waals surface area contributed by atoms with E-state index in [-0.39, 0.29) is 18.7 Å². The smallest absolute Gasteiger partial charge is 0.326 e. The lowest BCUT2D eigenvalue weighted by molar-refractivity contribution is -0.142. The second kappa shape index (κ2) is 6.33. The summed E-state index contributed by atoms with van der Waals surface area (Å²) in [5, 5.41) is 16.9. The number of H-pyrrole nitrogens is 1. The van der Waals surface area contributed by atoms with Crippen molar-refractivity contribution in [3.8, 4) is 0 Å². The maximum atomic E-state index is 11.5. The minimum absolute atomic E-state index is 0.0676. The molecule has 98 valence electrons. The van der Waals surface area contributed by atoms with E-state index in [9.17, 15) is 14.4 Å². The van der Waals surface area contributed by atoms with Crippen LogP contribution in [0.4, 0.5) is 0 Å². The molecule has 0 fully saturated rings. The molecule has 0 aliphatic carbocycles. The summed E-state index contributed by atoms with van der Waals surface area (Å²) in [5.41, 5.74) is 0. The van der Waals surface area contributed by atoms with Crippen LogP contribution in [0.15, 0.2) is 6.33 Å². The van der Waals surface area contributed by atoms with Crippen molar-refractivity contribution < 1.29 is 24.2 Å². The van der Waals surface area contributed by atoms with E-state index < -0.39 is 23.9 Å². The lowest BCUT2D eigenvalue weighted by Crippen LogP contribution is -2.41. The van der Waals surface area contributed by atoms with Crippen molar-refractivity contribution in [1.82, 2.24) is 20.5 Å². The van der Waals surface area contributed by atoms with Gasteiger partial charge in [0.15, 0.2) is 0 Å². The Labute approximate surface area is 102 Å². The molecule has 9 heteroatoms. The van der Waals surface area contributed by atoms with Gasteiger partial charge < -0.3 is 15.2 Å². The van der Waals surface area contributed by atoms with Crippen LogP contribution >= 0.6 is 0 Å². The number of carboxylic acids is 1. The Bertz CT molecular complexity index is 430. The first-order valence-electron chi connectivity index (χ1n) is 5.00. The van der Waals surface area contributed by atoms with Crippen LogP contribution in [-0.2, 0) is 14.3 Å². The van der Waals surface area contributed by atoms with Gasteiger partial charge in [0.1, 0.15) is 12.4 Å². The quantitative estimate of drug-likeness (QED) is 0.552. The van der Waals surface area contributed by atoms with Crippen LogP contribution in [0, 0.1) is 0 Å². The first kappa shape index (κ1) is 13.6. The third-order valence-electron chi connectivity index (χ3n) is 2.10. The second-order valence-corrected chi connectivity index (χ2v) is 3.31. The van der Waals surface area contributed by atoms with Gasteiger partial charge in [-0.05, 0) is 6.42 Å². The molecular formula is C9H12N4O5. The van der Waals surface area contributed by atoms with E-state index in [1.54, 1.807) is 0 Å². The van der Waals surface area contributed by atoms with Crippen LogP contribution in [-0.4, -0.2) is 51.3 Å². The van der Waals surface area contributed by atoms with Crippen LogP contribution in [0.5, 0.6) is 0 Å². The van der Waals surface area contributed by atoms with E-state index in [2.05, 4.69) is 25.2 Å². The summed E-state index contributed by atoms with van der Waals surface area (Å²) >= 11 is 0. The first-order valence-corrected chi connectivity index (χ1v) is 5.00. The Morgan fingerprint density at radius 3 is 2.78 bits per heavy atom. The molecule has 0 aliphatic rings. The third kappa shape index (κ3) is 3.85. The largest absolute Gasteiger partial charge is 0.480 e. The van der Waals surface area contributed by atoms with Gasteiger partial charge in [-0.25, -0.2) is 9.78 Å². The number of aromatic nitrogens is 3. The molecule has 0 saturated heterocycles. The fourth-order valence-corrected chi connectivity index (χ4v) is 1.16. The van der Waals surface area contributed by atoms with E-state index in [0.717, 1.165) is 6.33 Å². The summed E-state index contributed by atoms with van der Waals surface area (Å²) in [6.45, 7) is 0. The zero-order chi connectivity index (χ0) is 13.5. The molecular weight excluding hydrogens is 244 g/mol.